The lowest BCUT2D eigenvalue weighted by Gasteiger charge is -2.07. The lowest BCUT2D eigenvalue weighted by molar-refractivity contribution is 0.252. The highest BCUT2D eigenvalue weighted by molar-refractivity contribution is 7.80. The maximum Gasteiger partial charge on any atom is 0.137 e. The van der Waals surface area contributed by atoms with Gasteiger partial charge >= 0.3 is 0 Å². The number of benzene rings is 1. The Morgan fingerprint density at radius 3 is 2.75 bits per heavy atom. The van der Waals surface area contributed by atoms with Crippen LogP contribution in [0.25, 0.3) is 0 Å². The summed E-state index contributed by atoms with van der Waals surface area (Å²) in [5, 5.41) is 8.56. The summed E-state index contributed by atoms with van der Waals surface area (Å²) in [5.41, 5.74) is 5.55. The average Bonchev–Trinajstić information content (AvgIpc) is 2.24. The molecule has 3 N–H and O–H groups in total. The van der Waals surface area contributed by atoms with Crippen LogP contribution in [-0.4, -0.2) is 23.3 Å². The first-order chi connectivity index (χ1) is 7.65. The lowest BCUT2D eigenvalue weighted by Crippen LogP contribution is -2.11. The second-order valence-electron chi connectivity index (χ2n) is 3.29. The Morgan fingerprint density at radius 2 is 2.19 bits per heavy atom. The normalized spacial score (nSPS) is 10.1. The zero-order valence-corrected chi connectivity index (χ0v) is 9.60. The summed E-state index contributed by atoms with van der Waals surface area (Å²) in [6.45, 7) is 0.588. The highest BCUT2D eigenvalue weighted by Crippen LogP contribution is 2.16. The van der Waals surface area contributed by atoms with Gasteiger partial charge in [-0.05, 0) is 25.0 Å². The van der Waals surface area contributed by atoms with Gasteiger partial charge in [0.1, 0.15) is 16.6 Å². The largest absolute Gasteiger partial charge is 0.493 e. The van der Waals surface area contributed by atoms with E-state index in [-0.39, 0.29) is 17.2 Å². The number of thiocarbonyl (C=S) groups is 1. The Bertz CT molecular complexity index is 371. The number of hydrogen-bond donors (Lipinski definition) is 2. The maximum atomic E-state index is 13.4. The van der Waals surface area contributed by atoms with Crippen molar-refractivity contribution in [2.75, 3.05) is 13.2 Å². The van der Waals surface area contributed by atoms with Crippen molar-refractivity contribution in [2.45, 2.75) is 12.8 Å². The third-order valence-corrected chi connectivity index (χ3v) is 2.25. The molecule has 0 unspecified atom stereocenters. The topological polar surface area (TPSA) is 55.5 Å². The van der Waals surface area contributed by atoms with Crippen molar-refractivity contribution in [3.63, 3.8) is 0 Å². The molecule has 0 amide bonds. The van der Waals surface area contributed by atoms with Crippen LogP contribution in [0.3, 0.4) is 0 Å². The number of unbranched alkanes of at least 4 members (excludes halogenated alkanes) is 1. The molecule has 3 nitrogen and oxygen atoms in total. The molecule has 0 bridgehead atoms. The Labute approximate surface area is 99.0 Å². The van der Waals surface area contributed by atoms with Crippen molar-refractivity contribution >= 4 is 17.2 Å². The van der Waals surface area contributed by atoms with Crippen molar-refractivity contribution in [1.82, 2.24) is 0 Å². The molecule has 0 atom stereocenters. The first-order valence-electron chi connectivity index (χ1n) is 4.98. The highest BCUT2D eigenvalue weighted by Gasteiger charge is 2.06. The van der Waals surface area contributed by atoms with Crippen LogP contribution in [0.5, 0.6) is 5.75 Å². The monoisotopic (exact) mass is 243 g/mol. The zero-order valence-electron chi connectivity index (χ0n) is 8.78. The van der Waals surface area contributed by atoms with E-state index in [4.69, 9.17) is 15.6 Å². The SMILES string of the molecule is NC(=S)c1ccc(OCCCCO)cc1F. The molecule has 0 aliphatic heterocycles. The molecule has 0 fully saturated rings. The molecular formula is C11H14FNO2S. The fourth-order valence-electron chi connectivity index (χ4n) is 1.19. The molecule has 0 aliphatic rings. The third kappa shape index (κ3) is 3.75. The third-order valence-electron chi connectivity index (χ3n) is 2.03. The summed E-state index contributed by atoms with van der Waals surface area (Å²) in [5.74, 6) is -0.0393. The highest BCUT2D eigenvalue weighted by atomic mass is 32.1. The second kappa shape index (κ2) is 6.40. The van der Waals surface area contributed by atoms with E-state index in [1.54, 1.807) is 6.07 Å². The Balaban J connectivity index is 2.56. The van der Waals surface area contributed by atoms with Crippen molar-refractivity contribution in [3.8, 4) is 5.75 Å². The number of nitrogens with two attached hydrogens (primary N) is 1. The predicted molar refractivity (Wildman–Crippen MR) is 64.1 cm³/mol. The molecule has 0 aliphatic carbocycles. The molecule has 16 heavy (non-hydrogen) atoms. The van der Waals surface area contributed by atoms with Crippen LogP contribution in [0.4, 0.5) is 4.39 Å². The number of rotatable bonds is 6. The van der Waals surface area contributed by atoms with E-state index in [0.717, 1.165) is 6.42 Å². The van der Waals surface area contributed by atoms with Gasteiger partial charge in [0.25, 0.3) is 0 Å². The van der Waals surface area contributed by atoms with Gasteiger partial charge in [-0.15, -0.1) is 0 Å². The molecule has 0 saturated heterocycles. The van der Waals surface area contributed by atoms with Gasteiger partial charge in [0, 0.05) is 18.2 Å². The van der Waals surface area contributed by atoms with Crippen molar-refractivity contribution in [1.29, 1.82) is 0 Å². The van der Waals surface area contributed by atoms with Gasteiger partial charge in [-0.2, -0.15) is 0 Å². The van der Waals surface area contributed by atoms with Crippen molar-refractivity contribution in [2.24, 2.45) is 5.73 Å². The van der Waals surface area contributed by atoms with Gasteiger partial charge in [0.05, 0.1) is 6.61 Å². The van der Waals surface area contributed by atoms with Crippen molar-refractivity contribution in [3.05, 3.63) is 29.6 Å². The summed E-state index contributed by atoms with van der Waals surface area (Å²) in [7, 11) is 0. The predicted octanol–water partition coefficient (Wildman–Crippen LogP) is 1.61. The van der Waals surface area contributed by atoms with Gasteiger partial charge in [-0.1, -0.05) is 12.2 Å². The molecule has 0 saturated carbocycles. The smallest absolute Gasteiger partial charge is 0.137 e. The van der Waals surface area contributed by atoms with E-state index in [1.807, 2.05) is 0 Å². The summed E-state index contributed by atoms with van der Waals surface area (Å²) < 4.78 is 18.7. The first kappa shape index (κ1) is 12.9. The van der Waals surface area contributed by atoms with Gasteiger partial charge in [0.2, 0.25) is 0 Å². The molecule has 1 aromatic carbocycles. The van der Waals surface area contributed by atoms with Crippen LogP contribution < -0.4 is 10.5 Å². The molecule has 1 aromatic rings. The summed E-state index contributed by atoms with van der Waals surface area (Å²) >= 11 is 4.68. The number of aliphatic hydroxyl groups excluding tert-OH is 1. The molecule has 0 radical (unpaired) electrons. The van der Waals surface area contributed by atoms with Gasteiger partial charge < -0.3 is 15.6 Å². The minimum Gasteiger partial charge on any atom is -0.493 e. The molecule has 5 heteroatoms. The zero-order chi connectivity index (χ0) is 12.0. The number of ether oxygens (including phenoxy) is 1. The van der Waals surface area contributed by atoms with E-state index in [2.05, 4.69) is 12.2 Å². The first-order valence-corrected chi connectivity index (χ1v) is 5.39. The fourth-order valence-corrected chi connectivity index (χ4v) is 1.35. The van der Waals surface area contributed by atoms with Crippen LogP contribution in [0.2, 0.25) is 0 Å². The standard InChI is InChI=1S/C11H14FNO2S/c12-10-7-8(15-6-2-1-5-14)3-4-9(10)11(13)16/h3-4,7,14H,1-2,5-6H2,(H2,13,16). The minimum absolute atomic E-state index is 0.0318. The molecule has 0 spiro atoms. The molecule has 0 heterocycles. The van der Waals surface area contributed by atoms with Crippen LogP contribution >= 0.6 is 12.2 Å². The van der Waals surface area contributed by atoms with Crippen LogP contribution in [0.15, 0.2) is 18.2 Å². The number of aliphatic hydroxyl groups is 1. The molecule has 1 rings (SSSR count). The van der Waals surface area contributed by atoms with E-state index in [9.17, 15) is 4.39 Å². The van der Waals surface area contributed by atoms with E-state index < -0.39 is 5.82 Å². The summed E-state index contributed by atoms with van der Waals surface area (Å²) in [6.07, 6.45) is 1.41. The summed E-state index contributed by atoms with van der Waals surface area (Å²) in [6, 6.07) is 4.38. The van der Waals surface area contributed by atoms with Gasteiger partial charge in [-0.3, -0.25) is 0 Å². The number of halogens is 1. The average molecular weight is 243 g/mol. The van der Waals surface area contributed by atoms with E-state index in [1.165, 1.54) is 12.1 Å². The van der Waals surface area contributed by atoms with Crippen LogP contribution in [0, 0.1) is 5.82 Å². The maximum absolute atomic E-state index is 13.4. The molecule has 88 valence electrons. The second-order valence-corrected chi connectivity index (χ2v) is 3.72. The Kier molecular flexibility index (Phi) is 5.14. The summed E-state index contributed by atoms with van der Waals surface area (Å²) in [4.78, 5) is 0.0318. The van der Waals surface area contributed by atoms with E-state index in [0.29, 0.717) is 18.8 Å². The molecular weight excluding hydrogens is 229 g/mol. The van der Waals surface area contributed by atoms with Gasteiger partial charge in [-0.25, -0.2) is 4.39 Å². The van der Waals surface area contributed by atoms with Crippen LogP contribution in [-0.2, 0) is 0 Å². The Hall–Kier alpha value is -1.20. The quantitative estimate of drug-likeness (QED) is 0.589. The van der Waals surface area contributed by atoms with Crippen molar-refractivity contribution < 1.29 is 14.2 Å². The fraction of sp³-hybridized carbons (Fsp3) is 0.364. The van der Waals surface area contributed by atoms with Crippen LogP contribution in [0.1, 0.15) is 18.4 Å². The lowest BCUT2D eigenvalue weighted by atomic mass is 10.2. The molecule has 0 aromatic heterocycles. The van der Waals surface area contributed by atoms with E-state index >= 15 is 0 Å². The Morgan fingerprint density at radius 1 is 1.44 bits per heavy atom. The minimum atomic E-state index is -0.479. The number of hydrogen-bond acceptors (Lipinski definition) is 3. The van der Waals surface area contributed by atoms with Gasteiger partial charge in [0.15, 0.2) is 0 Å².